The Labute approximate surface area is 170 Å². The molecule has 0 bridgehead atoms. The van der Waals surface area contributed by atoms with Gasteiger partial charge in [-0.3, -0.25) is 0 Å². The largest absolute Gasteiger partial charge is 0.508 e. The lowest BCUT2D eigenvalue weighted by molar-refractivity contribution is 0.145. The Morgan fingerprint density at radius 2 is 1.66 bits per heavy atom. The minimum atomic E-state index is -0.229. The fourth-order valence-electron chi connectivity index (χ4n) is 3.46. The molecule has 0 spiro atoms. The average molecular weight is 385 g/mol. The maximum Gasteiger partial charge on any atom is 0.154 e. The highest BCUT2D eigenvalue weighted by molar-refractivity contribution is 5.52. The van der Waals surface area contributed by atoms with E-state index in [0.717, 1.165) is 49.3 Å². The second-order valence-electron chi connectivity index (χ2n) is 7.26. The Morgan fingerprint density at radius 1 is 0.931 bits per heavy atom. The minimum absolute atomic E-state index is 0.219. The van der Waals surface area contributed by atoms with E-state index in [-0.39, 0.29) is 11.9 Å². The maximum absolute atomic E-state index is 9.82. The van der Waals surface area contributed by atoms with Gasteiger partial charge in [-0.25, -0.2) is 0 Å². The summed E-state index contributed by atoms with van der Waals surface area (Å²) in [5, 5.41) is 28.1. The van der Waals surface area contributed by atoms with E-state index in [4.69, 9.17) is 0 Å². The third kappa shape index (κ3) is 4.92. The molecular weight excluding hydrogens is 362 g/mol. The number of piperidine rings is 1. The van der Waals surface area contributed by atoms with E-state index >= 15 is 0 Å². The average Bonchev–Trinajstić information content (AvgIpc) is 2.75. The van der Waals surface area contributed by atoms with Gasteiger partial charge in [-0.15, -0.1) is 10.2 Å². The molecule has 29 heavy (non-hydrogen) atoms. The van der Waals surface area contributed by atoms with Gasteiger partial charge in [-0.2, -0.15) is 0 Å². The molecule has 0 amide bonds. The van der Waals surface area contributed by atoms with E-state index < -0.39 is 0 Å². The van der Waals surface area contributed by atoms with Crippen molar-refractivity contribution in [2.24, 2.45) is 0 Å². The third-order valence-electron chi connectivity index (χ3n) is 5.05. The van der Waals surface area contributed by atoms with Crippen LogP contribution in [0.4, 0.5) is 5.82 Å². The Balaban J connectivity index is 1.64. The molecule has 3 aromatic rings. The first-order chi connectivity index (χ1) is 14.2. The number of aliphatic hydroxyl groups is 1. The van der Waals surface area contributed by atoms with Crippen LogP contribution in [0.3, 0.4) is 0 Å². The number of hydrogen-bond acceptors (Lipinski definition) is 5. The van der Waals surface area contributed by atoms with Crippen LogP contribution in [0.2, 0.25) is 0 Å². The van der Waals surface area contributed by atoms with Crippen LogP contribution in [0.1, 0.15) is 35.2 Å². The predicted octanol–water partition coefficient (Wildman–Crippen LogP) is 3.13. The Morgan fingerprint density at radius 3 is 2.38 bits per heavy atom. The van der Waals surface area contributed by atoms with Crippen molar-refractivity contribution in [1.82, 2.24) is 10.2 Å². The van der Waals surface area contributed by atoms with Crippen LogP contribution in [0.25, 0.3) is 0 Å². The molecule has 146 valence electrons. The summed E-state index contributed by atoms with van der Waals surface area (Å²) in [4.78, 5) is 2.20. The lowest BCUT2D eigenvalue weighted by Crippen LogP contribution is -2.37. The second kappa shape index (κ2) is 8.76. The number of phenols is 1. The molecule has 5 heteroatoms. The molecule has 2 N–H and O–H groups in total. The van der Waals surface area contributed by atoms with Crippen molar-refractivity contribution in [3.63, 3.8) is 0 Å². The molecule has 5 nitrogen and oxygen atoms in total. The standard InChI is InChI=1S/C24H23N3O2/c28-22-10-7-18(8-11-22)6-9-21-17-20(16-19-4-2-1-3-5-19)24(26-25-21)27-14-12-23(29)13-15-27/h1-5,7-8,10-11,17,23,28-29H,12-16H2. The molecular formula is C24H23N3O2. The van der Waals surface area contributed by atoms with Crippen molar-refractivity contribution >= 4 is 5.82 Å². The lowest BCUT2D eigenvalue weighted by atomic mass is 10.0. The Bertz CT molecular complexity index is 1020. The highest BCUT2D eigenvalue weighted by atomic mass is 16.3. The summed E-state index contributed by atoms with van der Waals surface area (Å²) in [6, 6.07) is 19.1. The number of hydrogen-bond donors (Lipinski definition) is 2. The maximum atomic E-state index is 9.82. The molecule has 0 saturated carbocycles. The highest BCUT2D eigenvalue weighted by Crippen LogP contribution is 2.24. The van der Waals surface area contributed by atoms with Gasteiger partial charge in [0.15, 0.2) is 5.82 Å². The van der Waals surface area contributed by atoms with Crippen molar-refractivity contribution in [2.45, 2.75) is 25.4 Å². The Kier molecular flexibility index (Phi) is 5.73. The zero-order chi connectivity index (χ0) is 20.1. The monoisotopic (exact) mass is 385 g/mol. The first kappa shape index (κ1) is 19.0. The van der Waals surface area contributed by atoms with Crippen LogP contribution in [0, 0.1) is 11.8 Å². The molecule has 1 aliphatic rings. The molecule has 1 saturated heterocycles. The van der Waals surface area contributed by atoms with E-state index in [0.29, 0.717) is 5.69 Å². The van der Waals surface area contributed by atoms with Crippen molar-refractivity contribution < 1.29 is 10.2 Å². The first-order valence-corrected chi connectivity index (χ1v) is 9.82. The topological polar surface area (TPSA) is 69.5 Å². The highest BCUT2D eigenvalue weighted by Gasteiger charge is 2.21. The number of anilines is 1. The zero-order valence-electron chi connectivity index (χ0n) is 16.1. The molecule has 2 heterocycles. The zero-order valence-corrected chi connectivity index (χ0v) is 16.1. The molecule has 1 fully saturated rings. The van der Waals surface area contributed by atoms with Crippen molar-refractivity contribution in [1.29, 1.82) is 0 Å². The molecule has 1 aliphatic heterocycles. The van der Waals surface area contributed by atoms with Gasteiger partial charge in [0, 0.05) is 30.6 Å². The van der Waals surface area contributed by atoms with E-state index in [1.165, 1.54) is 5.56 Å². The fourth-order valence-corrected chi connectivity index (χ4v) is 3.46. The van der Waals surface area contributed by atoms with Crippen molar-refractivity contribution in [3.8, 4) is 17.6 Å². The number of nitrogens with zero attached hydrogens (tertiary/aromatic N) is 3. The summed E-state index contributed by atoms with van der Waals surface area (Å²) < 4.78 is 0. The van der Waals surface area contributed by atoms with Crippen LogP contribution in [-0.4, -0.2) is 39.6 Å². The van der Waals surface area contributed by atoms with Gasteiger partial charge in [0.05, 0.1) is 6.10 Å². The van der Waals surface area contributed by atoms with Crippen molar-refractivity contribution in [2.75, 3.05) is 18.0 Å². The van der Waals surface area contributed by atoms with Gasteiger partial charge in [-0.05, 0) is 54.7 Å². The normalized spacial score (nSPS) is 14.3. The molecule has 0 atom stereocenters. The van der Waals surface area contributed by atoms with Gasteiger partial charge in [0.2, 0.25) is 0 Å². The first-order valence-electron chi connectivity index (χ1n) is 9.82. The number of benzene rings is 2. The van der Waals surface area contributed by atoms with E-state index in [1.807, 2.05) is 24.3 Å². The number of aromatic nitrogens is 2. The van der Waals surface area contributed by atoms with Crippen LogP contribution in [0.5, 0.6) is 5.75 Å². The quantitative estimate of drug-likeness (QED) is 0.678. The smallest absolute Gasteiger partial charge is 0.154 e. The lowest BCUT2D eigenvalue weighted by Gasteiger charge is -2.31. The summed E-state index contributed by atoms with van der Waals surface area (Å²) >= 11 is 0. The van der Waals surface area contributed by atoms with Gasteiger partial charge < -0.3 is 15.1 Å². The summed E-state index contributed by atoms with van der Waals surface area (Å²) in [6.45, 7) is 1.55. The van der Waals surface area contributed by atoms with Gasteiger partial charge in [0.25, 0.3) is 0 Å². The summed E-state index contributed by atoms with van der Waals surface area (Å²) in [7, 11) is 0. The minimum Gasteiger partial charge on any atom is -0.508 e. The Hall–Kier alpha value is -3.36. The van der Waals surface area contributed by atoms with Gasteiger partial charge in [-0.1, -0.05) is 36.3 Å². The fraction of sp³-hybridized carbons (Fsp3) is 0.250. The van der Waals surface area contributed by atoms with Crippen LogP contribution in [0.15, 0.2) is 60.7 Å². The summed E-state index contributed by atoms with van der Waals surface area (Å²) in [5.41, 5.74) is 3.71. The molecule has 0 aliphatic carbocycles. The van der Waals surface area contributed by atoms with Crippen LogP contribution >= 0.6 is 0 Å². The summed E-state index contributed by atoms with van der Waals surface area (Å²) in [5.74, 6) is 7.24. The molecule has 0 unspecified atom stereocenters. The van der Waals surface area contributed by atoms with Gasteiger partial charge >= 0.3 is 0 Å². The molecule has 4 rings (SSSR count). The predicted molar refractivity (Wildman–Crippen MR) is 113 cm³/mol. The van der Waals surface area contributed by atoms with Crippen LogP contribution in [-0.2, 0) is 6.42 Å². The van der Waals surface area contributed by atoms with E-state index in [9.17, 15) is 10.2 Å². The number of aromatic hydroxyl groups is 1. The van der Waals surface area contributed by atoms with Crippen molar-refractivity contribution in [3.05, 3.63) is 83.0 Å². The van der Waals surface area contributed by atoms with E-state index in [1.54, 1.807) is 24.3 Å². The van der Waals surface area contributed by atoms with Crippen LogP contribution < -0.4 is 4.90 Å². The summed E-state index contributed by atoms with van der Waals surface area (Å²) in [6.07, 6.45) is 2.01. The number of phenolic OH excluding ortho intramolecular Hbond substituents is 1. The number of rotatable bonds is 3. The second-order valence-corrected chi connectivity index (χ2v) is 7.26. The third-order valence-corrected chi connectivity index (χ3v) is 5.05. The molecule has 1 aromatic heterocycles. The number of aliphatic hydroxyl groups excluding tert-OH is 1. The van der Waals surface area contributed by atoms with E-state index in [2.05, 4.69) is 39.1 Å². The molecule has 0 radical (unpaired) electrons. The van der Waals surface area contributed by atoms with Gasteiger partial charge in [0.1, 0.15) is 11.4 Å². The molecule has 2 aromatic carbocycles. The SMILES string of the molecule is Oc1ccc(C#Cc2cc(Cc3ccccc3)c(N3CCC(O)CC3)nn2)cc1.